The number of ether oxygens (including phenoxy) is 8. The lowest BCUT2D eigenvalue weighted by molar-refractivity contribution is -0.384. The first-order chi connectivity index (χ1) is 34.2. The molecule has 4 saturated heterocycles. The molecule has 12 N–H and O–H groups in total. The fourth-order valence-electron chi connectivity index (χ4n) is 16.0. The van der Waals surface area contributed by atoms with Crippen molar-refractivity contribution in [2.45, 2.75) is 229 Å². The van der Waals surface area contributed by atoms with Gasteiger partial charge in [-0.2, -0.15) is 0 Å². The minimum Gasteiger partial charge on any atom is -0.432 e. The van der Waals surface area contributed by atoms with Crippen LogP contribution in [0.4, 0.5) is 0 Å². The average molecular weight is 1050 g/mol. The van der Waals surface area contributed by atoms with E-state index < -0.39 is 153 Å². The van der Waals surface area contributed by atoms with E-state index in [9.17, 15) is 66.1 Å². The van der Waals surface area contributed by atoms with Crippen LogP contribution in [0.1, 0.15) is 113 Å². The van der Waals surface area contributed by atoms with Gasteiger partial charge in [0, 0.05) is 0 Å². The van der Waals surface area contributed by atoms with Gasteiger partial charge in [0.2, 0.25) is 6.29 Å². The van der Waals surface area contributed by atoms with Gasteiger partial charge in [-0.05, 0) is 109 Å². The van der Waals surface area contributed by atoms with E-state index in [0.717, 1.165) is 44.9 Å². The topological polar surface area (TPSA) is 334 Å². The molecule has 0 bridgehead atoms. The molecule has 21 heteroatoms. The zero-order chi connectivity index (χ0) is 53.1. The molecule has 9 rings (SSSR count). The molecule has 4 heterocycles. The Kier molecular flexibility index (Phi) is 15.6. The van der Waals surface area contributed by atoms with Gasteiger partial charge in [0.15, 0.2) is 18.9 Å². The second kappa shape index (κ2) is 20.3. The van der Waals surface area contributed by atoms with Crippen LogP contribution < -0.4 is 0 Å². The van der Waals surface area contributed by atoms with Crippen molar-refractivity contribution in [1.82, 2.24) is 0 Å². The molecule has 0 aromatic rings. The fourth-order valence-corrected chi connectivity index (χ4v) is 16.0. The Hall–Kier alpha value is -1.55. The largest absolute Gasteiger partial charge is 0.432 e. The molecule has 0 amide bonds. The molecule has 4 saturated carbocycles. The molecule has 5 aliphatic carbocycles. The van der Waals surface area contributed by atoms with Crippen LogP contribution in [0.2, 0.25) is 0 Å². The number of carbonyl (C=O) groups is 1. The maximum Gasteiger partial charge on any atom is 0.315 e. The Morgan fingerprint density at radius 3 is 1.82 bits per heavy atom. The Labute approximate surface area is 426 Å². The van der Waals surface area contributed by atoms with E-state index in [1.54, 1.807) is 0 Å². The first-order valence-corrected chi connectivity index (χ1v) is 26.6. The number of carbonyl (C=O) groups excluding carboxylic acids is 1. The smallest absolute Gasteiger partial charge is 0.315 e. The summed E-state index contributed by atoms with van der Waals surface area (Å²) in [5.41, 5.74) is -0.886. The van der Waals surface area contributed by atoms with Crippen LogP contribution in [0.25, 0.3) is 0 Å². The van der Waals surface area contributed by atoms with Crippen LogP contribution in [0, 0.1) is 50.2 Å². The Morgan fingerprint density at radius 2 is 1.16 bits per heavy atom. The third-order valence-corrected chi connectivity index (χ3v) is 20.6. The number of allylic oxidation sites excluding steroid dienone is 2. The molecule has 26 atom stereocenters. The van der Waals surface area contributed by atoms with E-state index in [2.05, 4.69) is 54.5 Å². The van der Waals surface area contributed by atoms with Gasteiger partial charge < -0.3 is 99.2 Å². The van der Waals surface area contributed by atoms with Crippen LogP contribution in [-0.2, 0) is 42.7 Å². The molecule has 8 fully saturated rings. The normalized spacial score (nSPS) is 53.7. The van der Waals surface area contributed by atoms with Gasteiger partial charge in [0.05, 0.1) is 37.9 Å². The summed E-state index contributed by atoms with van der Waals surface area (Å²) in [4.78, 5) is 14.8. The van der Waals surface area contributed by atoms with Crippen molar-refractivity contribution in [3.05, 3.63) is 11.6 Å². The van der Waals surface area contributed by atoms with Gasteiger partial charge in [0.25, 0.3) is 0 Å². The molecule has 0 spiro atoms. The van der Waals surface area contributed by atoms with Crippen LogP contribution >= 0.6 is 0 Å². The summed E-state index contributed by atoms with van der Waals surface area (Å²) >= 11 is 0. The summed E-state index contributed by atoms with van der Waals surface area (Å²) in [5, 5.41) is 127. The molecule has 4 unspecified atom stereocenters. The van der Waals surface area contributed by atoms with Crippen molar-refractivity contribution < 1.29 is 104 Å². The predicted octanol–water partition coefficient (Wildman–Crippen LogP) is -0.757. The van der Waals surface area contributed by atoms with E-state index in [0.29, 0.717) is 19.3 Å². The van der Waals surface area contributed by atoms with E-state index in [-0.39, 0.29) is 46.0 Å². The van der Waals surface area contributed by atoms with Crippen molar-refractivity contribution in [3.8, 4) is 0 Å². The Morgan fingerprint density at radius 1 is 0.589 bits per heavy atom. The highest BCUT2D eigenvalue weighted by atomic mass is 16.8. The lowest BCUT2D eigenvalue weighted by atomic mass is 9.33. The zero-order valence-corrected chi connectivity index (χ0v) is 43.2. The van der Waals surface area contributed by atoms with Crippen LogP contribution in [0.5, 0.6) is 0 Å². The molecular formula is C52H84O21. The minimum absolute atomic E-state index is 0.0796. The first-order valence-electron chi connectivity index (χ1n) is 26.6. The number of aliphatic hydroxyl groups is 12. The van der Waals surface area contributed by atoms with Crippen LogP contribution in [0.3, 0.4) is 0 Å². The number of hydrogen-bond donors (Lipinski definition) is 12. The monoisotopic (exact) mass is 1040 g/mol. The number of hydrogen-bond acceptors (Lipinski definition) is 21. The summed E-state index contributed by atoms with van der Waals surface area (Å²) < 4.78 is 48.6. The van der Waals surface area contributed by atoms with E-state index in [1.165, 1.54) is 5.57 Å². The van der Waals surface area contributed by atoms with Crippen LogP contribution in [0.15, 0.2) is 11.6 Å². The first kappa shape index (κ1) is 56.2. The molecule has 21 nitrogen and oxygen atoms in total. The van der Waals surface area contributed by atoms with Crippen molar-refractivity contribution in [2.75, 3.05) is 26.4 Å². The molecule has 4 aliphatic heterocycles. The van der Waals surface area contributed by atoms with Gasteiger partial charge in [-0.25, -0.2) is 0 Å². The summed E-state index contributed by atoms with van der Waals surface area (Å²) in [7, 11) is 0. The van der Waals surface area contributed by atoms with Crippen molar-refractivity contribution >= 4 is 5.97 Å². The molecule has 418 valence electrons. The van der Waals surface area contributed by atoms with Crippen molar-refractivity contribution in [1.29, 1.82) is 0 Å². The summed E-state index contributed by atoms with van der Waals surface area (Å²) in [6.07, 6.45) is -18.8. The number of esters is 1. The predicted molar refractivity (Wildman–Crippen MR) is 251 cm³/mol. The molecule has 73 heavy (non-hydrogen) atoms. The second-order valence-electron chi connectivity index (χ2n) is 25.4. The van der Waals surface area contributed by atoms with Gasteiger partial charge in [-0.15, -0.1) is 0 Å². The fraction of sp³-hybridized carbons (Fsp3) is 0.942. The maximum absolute atomic E-state index is 14.8. The molecule has 9 aliphatic rings. The van der Waals surface area contributed by atoms with Gasteiger partial charge in [-0.1, -0.05) is 60.1 Å². The maximum atomic E-state index is 14.8. The average Bonchev–Trinajstić information content (AvgIpc) is 3.34. The highest BCUT2D eigenvalue weighted by molar-refractivity contribution is 5.79. The van der Waals surface area contributed by atoms with E-state index >= 15 is 0 Å². The van der Waals surface area contributed by atoms with E-state index in [1.807, 2.05) is 0 Å². The number of rotatable bonds is 10. The van der Waals surface area contributed by atoms with Crippen molar-refractivity contribution in [3.63, 3.8) is 0 Å². The molecular weight excluding hydrogens is 961 g/mol. The van der Waals surface area contributed by atoms with Gasteiger partial charge in [0.1, 0.15) is 85.5 Å². The second-order valence-corrected chi connectivity index (χ2v) is 25.4. The lowest BCUT2D eigenvalue weighted by Gasteiger charge is -2.71. The van der Waals surface area contributed by atoms with Crippen molar-refractivity contribution in [2.24, 2.45) is 50.2 Å². The van der Waals surface area contributed by atoms with Gasteiger partial charge >= 0.3 is 5.97 Å². The quantitative estimate of drug-likeness (QED) is 0.0727. The SMILES string of the molecule is CC1(C)CC[C@]2(C(=O)OC3O[C@H](CO)[C@@H](O)[C@H](O)[C@H]3O)CC[C@]3(C)C(=CCC4[C@@]5(C)CC[C@H](O[C@@H]6OC[C@H](O)[C@H](OC7O[C@H](CO)[C@@H](O)[C@H](O)[C@H]7O)[C@H]6O[C@@H]6OC[C@@H](O)C(O)[C@H]6O)C(C)(C)[C@@H]5CC[C@]43C)[C@@H]2C1. The summed E-state index contributed by atoms with van der Waals surface area (Å²) in [6.45, 7) is 14.0. The number of aliphatic hydroxyl groups excluding tert-OH is 12. The third kappa shape index (κ3) is 9.20. The summed E-state index contributed by atoms with van der Waals surface area (Å²) in [5.74, 6) is -0.298. The minimum atomic E-state index is -1.83. The highest BCUT2D eigenvalue weighted by Gasteiger charge is 2.70. The highest BCUT2D eigenvalue weighted by Crippen LogP contribution is 2.76. The van der Waals surface area contributed by atoms with Gasteiger partial charge in [-0.3, -0.25) is 4.79 Å². The summed E-state index contributed by atoms with van der Waals surface area (Å²) in [6, 6.07) is 0. The Balaban J connectivity index is 0.968. The number of fused-ring (bicyclic) bond motifs is 7. The standard InChI is InChI=1S/C52H84O21/c1-47(2)14-16-52(46(65)73-44-39(64)36(61)34(59)28(20-54)69-44)17-15-50(6)23(24(52)18-47)8-9-30-49(5)12-11-31(48(3,4)29(49)10-13-51(30,50)7)70-45-41(72-42-37(62)32(57)25(55)21-66-42)40(26(56)22-67-45)71-43-38(63)35(60)33(58)27(19-53)68-43/h8,24-45,53-64H,9-22H2,1-7H3/t24-,25+,26-,27+,28+,29-,30?,31-,32?,33+,34+,35-,36-,37+,38+,39+,40-,41+,42-,43?,44?,45-,49-,50+,51+,52-/m0/s1. The van der Waals surface area contributed by atoms with E-state index in [4.69, 9.17) is 37.9 Å². The molecule has 0 radical (unpaired) electrons. The third-order valence-electron chi connectivity index (χ3n) is 20.6. The lowest BCUT2D eigenvalue weighted by Crippen LogP contribution is -2.67. The Bertz CT molecular complexity index is 2000. The van der Waals surface area contributed by atoms with Crippen LogP contribution in [-0.4, -0.2) is 210 Å². The zero-order valence-electron chi connectivity index (χ0n) is 43.2. The molecule has 0 aromatic heterocycles. The molecule has 0 aromatic carbocycles.